The number of nitrogens with one attached hydrogen (secondary N) is 3. The molecule has 3 N–H and O–H groups in total. The van der Waals surface area contributed by atoms with E-state index in [4.69, 9.17) is 0 Å². The van der Waals surface area contributed by atoms with Crippen molar-refractivity contribution in [1.29, 1.82) is 0 Å². The molecule has 0 saturated carbocycles. The zero-order valence-electron chi connectivity index (χ0n) is 18.4. The highest BCUT2D eigenvalue weighted by Gasteiger charge is 2.24. The lowest BCUT2D eigenvalue weighted by molar-refractivity contribution is -0.881. The van der Waals surface area contributed by atoms with E-state index in [2.05, 4.69) is 23.6 Å². The summed E-state index contributed by atoms with van der Waals surface area (Å²) in [5.74, 6) is -0.181. The molecule has 1 aromatic carbocycles. The van der Waals surface area contributed by atoms with Gasteiger partial charge < -0.3 is 20.4 Å². The number of hydrogen-bond acceptors (Lipinski definition) is 3. The zero-order chi connectivity index (χ0) is 21.9. The number of anilines is 2. The summed E-state index contributed by atoms with van der Waals surface area (Å²) in [5, 5.41) is 5.56. The first-order valence-corrected chi connectivity index (χ1v) is 10.9. The van der Waals surface area contributed by atoms with Gasteiger partial charge in [-0.3, -0.25) is 14.4 Å². The largest absolute Gasteiger partial charge is 0.326 e. The Kier molecular flexibility index (Phi) is 9.54. The van der Waals surface area contributed by atoms with Crippen LogP contribution < -0.4 is 15.5 Å². The van der Waals surface area contributed by atoms with Gasteiger partial charge in [0.05, 0.1) is 6.54 Å². The van der Waals surface area contributed by atoms with Gasteiger partial charge in [-0.1, -0.05) is 13.0 Å². The number of likely N-dealkylation sites (N-methyl/N-ethyl adjacent to an activating group) is 1. The van der Waals surface area contributed by atoms with Gasteiger partial charge in [0.25, 0.3) is 11.8 Å². The molecule has 0 fully saturated rings. The van der Waals surface area contributed by atoms with Crippen molar-refractivity contribution in [3.05, 3.63) is 36.0 Å². The fourth-order valence-electron chi connectivity index (χ4n) is 3.61. The summed E-state index contributed by atoms with van der Waals surface area (Å²) >= 11 is 0. The summed E-state index contributed by atoms with van der Waals surface area (Å²) in [6.45, 7) is 7.48. The van der Waals surface area contributed by atoms with Crippen molar-refractivity contribution < 1.29 is 19.3 Å². The maximum Gasteiger partial charge on any atom is 0.281 e. The second-order valence-corrected chi connectivity index (χ2v) is 7.75. The fourth-order valence-corrected chi connectivity index (χ4v) is 3.61. The number of nitrogens with zero attached hydrogens (tertiary/aromatic N) is 1. The topological polar surface area (TPSA) is 83.0 Å². The summed E-state index contributed by atoms with van der Waals surface area (Å²) in [6.07, 6.45) is 7.43. The summed E-state index contributed by atoms with van der Waals surface area (Å²) in [6, 6.07) is 6.98. The van der Waals surface area contributed by atoms with Crippen LogP contribution in [0.5, 0.6) is 0 Å². The monoisotopic (exact) mass is 415 g/mol. The lowest BCUT2D eigenvalue weighted by atomic mass is 10.0. The molecule has 1 aliphatic carbocycles. The van der Waals surface area contributed by atoms with Crippen LogP contribution in [0.2, 0.25) is 0 Å². The number of allylic oxidation sites excluding steroid dienone is 2. The van der Waals surface area contributed by atoms with Gasteiger partial charge in [0, 0.05) is 30.5 Å². The Bertz CT molecular complexity index is 758. The molecule has 0 radical (unpaired) electrons. The predicted molar refractivity (Wildman–Crippen MR) is 119 cm³/mol. The quantitative estimate of drug-likeness (QED) is 0.548. The minimum absolute atomic E-state index is 0.0920. The zero-order valence-corrected chi connectivity index (χ0v) is 18.4. The van der Waals surface area contributed by atoms with Crippen LogP contribution in [0.1, 0.15) is 52.9 Å². The molecule has 7 nitrogen and oxygen atoms in total. The molecule has 2 rings (SSSR count). The van der Waals surface area contributed by atoms with Gasteiger partial charge >= 0.3 is 0 Å². The lowest BCUT2D eigenvalue weighted by Gasteiger charge is -2.28. The molecule has 1 aliphatic rings. The van der Waals surface area contributed by atoms with E-state index in [0.29, 0.717) is 24.5 Å². The minimum Gasteiger partial charge on any atom is -0.326 e. The second kappa shape index (κ2) is 12.1. The third-order valence-corrected chi connectivity index (χ3v) is 5.16. The van der Waals surface area contributed by atoms with Crippen molar-refractivity contribution >= 4 is 29.1 Å². The van der Waals surface area contributed by atoms with Crippen LogP contribution in [0.4, 0.5) is 11.4 Å². The van der Waals surface area contributed by atoms with Gasteiger partial charge in [-0.25, -0.2) is 0 Å². The standard InChI is InChI=1S/C23H34N4O3/c1-4-15-27(21-9-7-6-8-10-21)23(30)17-26(5-2)16-22(29)25-20-13-11-19(12-14-20)24-18(3)28/h9,11-14H,4-8,10,15-17H2,1-3H3,(H,24,28)(H,25,29)/p+1. The molecule has 0 heterocycles. The number of benzene rings is 1. The Morgan fingerprint density at radius 2 is 1.67 bits per heavy atom. The van der Waals surface area contributed by atoms with Crippen molar-refractivity contribution in [2.45, 2.75) is 52.9 Å². The highest BCUT2D eigenvalue weighted by Crippen LogP contribution is 2.21. The van der Waals surface area contributed by atoms with Gasteiger partial charge in [0.2, 0.25) is 5.91 Å². The molecular formula is C23H35N4O3+. The van der Waals surface area contributed by atoms with Crippen LogP contribution in [0.25, 0.3) is 0 Å². The first-order valence-electron chi connectivity index (χ1n) is 10.9. The number of hydrogen-bond donors (Lipinski definition) is 3. The number of carbonyl (C=O) groups excluding carboxylic acids is 3. The minimum atomic E-state index is -0.139. The summed E-state index contributed by atoms with van der Waals surface area (Å²) < 4.78 is 0. The Morgan fingerprint density at radius 1 is 1.00 bits per heavy atom. The van der Waals surface area contributed by atoms with Crippen molar-refractivity contribution in [3.8, 4) is 0 Å². The van der Waals surface area contributed by atoms with E-state index in [1.165, 1.54) is 13.3 Å². The van der Waals surface area contributed by atoms with E-state index < -0.39 is 0 Å². The number of carbonyl (C=O) groups is 3. The Morgan fingerprint density at radius 3 is 2.20 bits per heavy atom. The molecule has 7 heteroatoms. The van der Waals surface area contributed by atoms with Crippen molar-refractivity contribution in [3.63, 3.8) is 0 Å². The normalized spacial score (nSPS) is 14.4. The van der Waals surface area contributed by atoms with Crippen molar-refractivity contribution in [1.82, 2.24) is 4.90 Å². The third-order valence-electron chi connectivity index (χ3n) is 5.16. The number of rotatable bonds is 10. The smallest absolute Gasteiger partial charge is 0.281 e. The molecule has 0 aliphatic heterocycles. The average Bonchev–Trinajstić information content (AvgIpc) is 2.73. The molecule has 164 valence electrons. The summed E-state index contributed by atoms with van der Waals surface area (Å²) in [4.78, 5) is 39.4. The molecule has 0 saturated heterocycles. The Hall–Kier alpha value is -2.67. The van der Waals surface area contributed by atoms with Gasteiger partial charge in [-0.05, 0) is 63.3 Å². The van der Waals surface area contributed by atoms with E-state index >= 15 is 0 Å². The van der Waals surface area contributed by atoms with E-state index in [1.807, 2.05) is 11.8 Å². The van der Waals surface area contributed by atoms with Gasteiger partial charge in [-0.15, -0.1) is 0 Å². The SMILES string of the molecule is CCCN(C(=O)C[NH+](CC)CC(=O)Nc1ccc(NC(C)=O)cc1)C1=CCCCC1. The Balaban J connectivity index is 1.91. The van der Waals surface area contributed by atoms with E-state index in [-0.39, 0.29) is 24.3 Å². The molecule has 0 bridgehead atoms. The van der Waals surface area contributed by atoms with Crippen LogP contribution in [-0.4, -0.2) is 48.8 Å². The molecule has 1 atom stereocenters. The van der Waals surface area contributed by atoms with Crippen molar-refractivity contribution in [2.24, 2.45) is 0 Å². The highest BCUT2D eigenvalue weighted by molar-refractivity contribution is 5.92. The van der Waals surface area contributed by atoms with Crippen LogP contribution in [0.3, 0.4) is 0 Å². The molecule has 1 aromatic rings. The van der Waals surface area contributed by atoms with Crippen LogP contribution in [-0.2, 0) is 14.4 Å². The molecular weight excluding hydrogens is 380 g/mol. The first kappa shape index (κ1) is 23.6. The maximum absolute atomic E-state index is 13.0. The fraction of sp³-hybridized carbons (Fsp3) is 0.522. The third kappa shape index (κ3) is 7.63. The maximum atomic E-state index is 13.0. The first-order chi connectivity index (χ1) is 14.4. The van der Waals surface area contributed by atoms with Crippen LogP contribution >= 0.6 is 0 Å². The van der Waals surface area contributed by atoms with Gasteiger partial charge in [-0.2, -0.15) is 0 Å². The molecule has 3 amide bonds. The van der Waals surface area contributed by atoms with Gasteiger partial charge in [0.1, 0.15) is 0 Å². The van der Waals surface area contributed by atoms with Crippen LogP contribution in [0.15, 0.2) is 36.0 Å². The highest BCUT2D eigenvalue weighted by atomic mass is 16.2. The van der Waals surface area contributed by atoms with Gasteiger partial charge in [0.15, 0.2) is 13.1 Å². The molecule has 0 aromatic heterocycles. The summed E-state index contributed by atoms with van der Waals surface area (Å²) in [7, 11) is 0. The number of amides is 3. The molecule has 0 spiro atoms. The lowest BCUT2D eigenvalue weighted by Crippen LogP contribution is -3.13. The van der Waals surface area contributed by atoms with E-state index in [0.717, 1.165) is 42.8 Å². The van der Waals surface area contributed by atoms with E-state index in [9.17, 15) is 14.4 Å². The molecule has 30 heavy (non-hydrogen) atoms. The second-order valence-electron chi connectivity index (χ2n) is 7.75. The Labute approximate surface area is 179 Å². The average molecular weight is 416 g/mol. The van der Waals surface area contributed by atoms with Crippen molar-refractivity contribution in [2.75, 3.05) is 36.8 Å². The van der Waals surface area contributed by atoms with E-state index in [1.54, 1.807) is 24.3 Å². The molecule has 1 unspecified atom stereocenters. The predicted octanol–water partition coefficient (Wildman–Crippen LogP) is 2.18. The summed E-state index contributed by atoms with van der Waals surface area (Å²) in [5.41, 5.74) is 2.49. The number of quaternary nitrogens is 1. The van der Waals surface area contributed by atoms with Crippen LogP contribution in [0, 0.1) is 0 Å².